The molecule has 0 spiro atoms. The van der Waals surface area contributed by atoms with Crippen LogP contribution >= 0.6 is 23.2 Å². The maximum atomic E-state index is 12.3. The highest BCUT2D eigenvalue weighted by Crippen LogP contribution is 2.21. The summed E-state index contributed by atoms with van der Waals surface area (Å²) in [5.41, 5.74) is 7.69. The van der Waals surface area contributed by atoms with Crippen LogP contribution in [0.3, 0.4) is 0 Å². The molecule has 0 aliphatic carbocycles. The smallest absolute Gasteiger partial charge is 0.259 e. The summed E-state index contributed by atoms with van der Waals surface area (Å²) in [5.74, 6) is 0.159. The van der Waals surface area contributed by atoms with E-state index in [2.05, 4.69) is 10.3 Å². The Labute approximate surface area is 172 Å². The number of rotatable bonds is 5. The number of benzene rings is 3. The van der Waals surface area contributed by atoms with Crippen LogP contribution in [0.2, 0.25) is 10.0 Å². The summed E-state index contributed by atoms with van der Waals surface area (Å²) in [5, 5.41) is 3.16. The van der Waals surface area contributed by atoms with E-state index in [1.165, 1.54) is 6.07 Å². The highest BCUT2D eigenvalue weighted by molar-refractivity contribution is 6.36. The Hall–Kier alpha value is -3.02. The van der Waals surface area contributed by atoms with Crippen LogP contribution in [-0.2, 0) is 6.61 Å². The maximum absolute atomic E-state index is 12.3. The lowest BCUT2D eigenvalue weighted by atomic mass is 10.2. The molecule has 3 N–H and O–H groups in total. The zero-order valence-corrected chi connectivity index (χ0v) is 16.2. The third kappa shape index (κ3) is 5.49. The number of aliphatic imine (C=N–C) groups is 1. The summed E-state index contributed by atoms with van der Waals surface area (Å²) in [6.07, 6.45) is 0. The number of nitrogens with one attached hydrogen (secondary N) is 1. The van der Waals surface area contributed by atoms with E-state index in [0.29, 0.717) is 23.1 Å². The summed E-state index contributed by atoms with van der Waals surface area (Å²) in [6, 6.07) is 21.5. The molecule has 3 rings (SSSR count). The first kappa shape index (κ1) is 19.7. The van der Waals surface area contributed by atoms with Crippen molar-refractivity contribution < 1.29 is 9.53 Å². The second-order valence-electron chi connectivity index (χ2n) is 5.84. The number of halogens is 2. The van der Waals surface area contributed by atoms with Crippen molar-refractivity contribution in [3.63, 3.8) is 0 Å². The van der Waals surface area contributed by atoms with Crippen molar-refractivity contribution in [2.24, 2.45) is 10.7 Å². The van der Waals surface area contributed by atoms with Crippen molar-refractivity contribution in [2.75, 3.05) is 0 Å². The number of nitrogens with zero attached hydrogens (tertiary/aromatic N) is 1. The van der Waals surface area contributed by atoms with E-state index in [9.17, 15) is 4.79 Å². The van der Waals surface area contributed by atoms with Crippen LogP contribution in [0.4, 0.5) is 5.69 Å². The first-order valence-electron chi connectivity index (χ1n) is 8.38. The van der Waals surface area contributed by atoms with E-state index < -0.39 is 5.91 Å². The van der Waals surface area contributed by atoms with Gasteiger partial charge in [-0.2, -0.15) is 0 Å². The van der Waals surface area contributed by atoms with E-state index in [4.69, 9.17) is 33.7 Å². The Morgan fingerprint density at radius 1 is 1.00 bits per heavy atom. The van der Waals surface area contributed by atoms with Gasteiger partial charge < -0.3 is 10.5 Å². The zero-order chi connectivity index (χ0) is 19.9. The van der Waals surface area contributed by atoms with Gasteiger partial charge in [0.15, 0.2) is 0 Å². The lowest BCUT2D eigenvalue weighted by Crippen LogP contribution is -2.36. The van der Waals surface area contributed by atoms with Gasteiger partial charge in [-0.3, -0.25) is 10.1 Å². The standard InChI is InChI=1S/C21H17Cl2N3O2/c22-15-6-11-19(23)18(12-15)20(27)26-21(24)25-16-7-9-17(10-8-16)28-13-14-4-2-1-3-5-14/h1-12H,13H2,(H3,24,25,26,27). The van der Waals surface area contributed by atoms with Gasteiger partial charge in [0.05, 0.1) is 16.3 Å². The van der Waals surface area contributed by atoms with Crippen LogP contribution < -0.4 is 15.8 Å². The van der Waals surface area contributed by atoms with Gasteiger partial charge in [0.25, 0.3) is 5.91 Å². The number of carbonyl (C=O) groups excluding carboxylic acids is 1. The molecule has 0 unspecified atom stereocenters. The molecule has 0 heterocycles. The first-order valence-corrected chi connectivity index (χ1v) is 9.14. The number of ether oxygens (including phenoxy) is 1. The summed E-state index contributed by atoms with van der Waals surface area (Å²) in [4.78, 5) is 16.4. The highest BCUT2D eigenvalue weighted by Gasteiger charge is 2.12. The largest absolute Gasteiger partial charge is 0.489 e. The van der Waals surface area contributed by atoms with Gasteiger partial charge >= 0.3 is 0 Å². The molecule has 0 bridgehead atoms. The minimum absolute atomic E-state index is 0.0565. The average molecular weight is 414 g/mol. The second kappa shape index (κ2) is 9.26. The molecular weight excluding hydrogens is 397 g/mol. The molecule has 0 aliphatic heterocycles. The van der Waals surface area contributed by atoms with Gasteiger partial charge in [-0.15, -0.1) is 0 Å². The predicted octanol–water partition coefficient (Wildman–Crippen LogP) is 4.95. The summed E-state index contributed by atoms with van der Waals surface area (Å²) in [6.45, 7) is 0.474. The molecule has 5 nitrogen and oxygen atoms in total. The van der Waals surface area contributed by atoms with Crippen LogP contribution in [-0.4, -0.2) is 11.9 Å². The third-order valence-electron chi connectivity index (χ3n) is 3.75. The van der Waals surface area contributed by atoms with E-state index in [1.807, 2.05) is 30.3 Å². The molecule has 142 valence electrons. The molecular formula is C21H17Cl2N3O2. The number of hydrogen-bond donors (Lipinski definition) is 2. The van der Waals surface area contributed by atoms with Crippen molar-refractivity contribution in [1.29, 1.82) is 0 Å². The minimum atomic E-state index is -0.489. The van der Waals surface area contributed by atoms with Crippen molar-refractivity contribution in [3.8, 4) is 5.75 Å². The Morgan fingerprint density at radius 2 is 1.71 bits per heavy atom. The average Bonchev–Trinajstić information content (AvgIpc) is 2.70. The maximum Gasteiger partial charge on any atom is 0.259 e. The minimum Gasteiger partial charge on any atom is -0.489 e. The molecule has 0 aromatic heterocycles. The molecule has 0 atom stereocenters. The Kier molecular flexibility index (Phi) is 6.53. The molecule has 28 heavy (non-hydrogen) atoms. The Bertz CT molecular complexity index is 990. The molecule has 0 fully saturated rings. The van der Waals surface area contributed by atoms with E-state index >= 15 is 0 Å². The van der Waals surface area contributed by atoms with Crippen LogP contribution in [0.5, 0.6) is 5.75 Å². The Morgan fingerprint density at radius 3 is 2.43 bits per heavy atom. The van der Waals surface area contributed by atoms with Crippen molar-refractivity contribution in [1.82, 2.24) is 5.32 Å². The van der Waals surface area contributed by atoms with Gasteiger partial charge in [0.1, 0.15) is 12.4 Å². The van der Waals surface area contributed by atoms with Gasteiger partial charge in [0.2, 0.25) is 5.96 Å². The zero-order valence-electron chi connectivity index (χ0n) is 14.7. The summed E-state index contributed by atoms with van der Waals surface area (Å²) >= 11 is 11.9. The predicted molar refractivity (Wildman–Crippen MR) is 112 cm³/mol. The third-order valence-corrected chi connectivity index (χ3v) is 4.31. The fourth-order valence-electron chi connectivity index (χ4n) is 2.38. The fraction of sp³-hybridized carbons (Fsp3) is 0.0476. The van der Waals surface area contributed by atoms with E-state index in [0.717, 1.165) is 5.56 Å². The second-order valence-corrected chi connectivity index (χ2v) is 6.69. The normalized spacial score (nSPS) is 11.1. The van der Waals surface area contributed by atoms with Crippen LogP contribution in [0.15, 0.2) is 77.8 Å². The van der Waals surface area contributed by atoms with E-state index in [-0.39, 0.29) is 16.5 Å². The fourth-order valence-corrected chi connectivity index (χ4v) is 2.76. The van der Waals surface area contributed by atoms with Crippen LogP contribution in [0, 0.1) is 0 Å². The van der Waals surface area contributed by atoms with Gasteiger partial charge in [-0.1, -0.05) is 53.5 Å². The van der Waals surface area contributed by atoms with Gasteiger partial charge in [-0.25, -0.2) is 4.99 Å². The molecule has 0 saturated heterocycles. The topological polar surface area (TPSA) is 76.7 Å². The van der Waals surface area contributed by atoms with Crippen molar-refractivity contribution in [2.45, 2.75) is 6.61 Å². The van der Waals surface area contributed by atoms with Crippen LogP contribution in [0.25, 0.3) is 0 Å². The quantitative estimate of drug-likeness (QED) is 0.458. The van der Waals surface area contributed by atoms with Gasteiger partial charge in [-0.05, 0) is 48.0 Å². The summed E-state index contributed by atoms with van der Waals surface area (Å²) < 4.78 is 5.72. The van der Waals surface area contributed by atoms with Crippen molar-refractivity contribution >= 4 is 40.8 Å². The molecule has 3 aromatic rings. The molecule has 0 aliphatic rings. The number of amides is 1. The number of nitrogens with two attached hydrogens (primary N) is 1. The number of carbonyl (C=O) groups is 1. The molecule has 0 radical (unpaired) electrons. The number of guanidine groups is 1. The van der Waals surface area contributed by atoms with Gasteiger partial charge in [0, 0.05) is 5.02 Å². The lowest BCUT2D eigenvalue weighted by molar-refractivity contribution is 0.0977. The van der Waals surface area contributed by atoms with Crippen molar-refractivity contribution in [3.05, 3.63) is 94.0 Å². The molecule has 0 saturated carbocycles. The van der Waals surface area contributed by atoms with E-state index in [1.54, 1.807) is 36.4 Å². The lowest BCUT2D eigenvalue weighted by Gasteiger charge is -2.08. The molecule has 3 aromatic carbocycles. The SMILES string of the molecule is NC(=Nc1ccc(OCc2ccccc2)cc1)NC(=O)c1cc(Cl)ccc1Cl. The first-order chi connectivity index (χ1) is 13.5. The Balaban J connectivity index is 1.61. The monoisotopic (exact) mass is 413 g/mol. The highest BCUT2D eigenvalue weighted by atomic mass is 35.5. The van der Waals surface area contributed by atoms with Crippen LogP contribution in [0.1, 0.15) is 15.9 Å². The molecule has 1 amide bonds. The molecule has 7 heteroatoms. The summed E-state index contributed by atoms with van der Waals surface area (Å²) in [7, 11) is 0. The number of hydrogen-bond acceptors (Lipinski definition) is 3.